The molecule has 0 aromatic heterocycles. The number of aliphatic hydroxyl groups is 2. The Labute approximate surface area is 182 Å². The zero-order valence-corrected chi connectivity index (χ0v) is 17.3. The zero-order chi connectivity index (χ0) is 25.0. The monoisotopic (exact) mass is 463 g/mol. The Morgan fingerprint density at radius 1 is 0.844 bits per heavy atom. The number of aliphatic carboxylic acids is 2. The number of nitrogens with two attached hydrogens (primary N) is 2. The van der Waals surface area contributed by atoms with Crippen LogP contribution in [0.3, 0.4) is 0 Å². The number of carboxylic acid groups (broad SMARTS) is 2. The second-order valence-corrected chi connectivity index (χ2v) is 6.91. The maximum Gasteiger partial charge on any atom is 0.328 e. The van der Waals surface area contributed by atoms with Crippen LogP contribution >= 0.6 is 0 Å². The van der Waals surface area contributed by atoms with Crippen molar-refractivity contribution in [2.45, 2.75) is 62.9 Å². The summed E-state index contributed by atoms with van der Waals surface area (Å²) in [5.74, 6) is -6.64. The van der Waals surface area contributed by atoms with Crippen LogP contribution < -0.4 is 27.4 Å². The Morgan fingerprint density at radius 2 is 1.41 bits per heavy atom. The molecule has 0 bridgehead atoms. The maximum atomic E-state index is 12.6. The maximum absolute atomic E-state index is 12.6. The molecule has 0 rings (SSSR count). The Bertz CT molecular complexity index is 714. The number of carboxylic acids is 2. The first kappa shape index (κ1) is 28.7. The molecule has 0 aromatic carbocycles. The first-order valence-electron chi connectivity index (χ1n) is 9.48. The van der Waals surface area contributed by atoms with Crippen LogP contribution in [-0.2, 0) is 28.8 Å². The van der Waals surface area contributed by atoms with Gasteiger partial charge in [0.2, 0.25) is 23.6 Å². The van der Waals surface area contributed by atoms with Crippen molar-refractivity contribution in [3.63, 3.8) is 0 Å². The van der Waals surface area contributed by atoms with Gasteiger partial charge in [-0.05, 0) is 19.8 Å². The van der Waals surface area contributed by atoms with E-state index in [1.807, 2.05) is 5.32 Å². The number of carbonyl (C=O) groups is 6. The number of amides is 4. The van der Waals surface area contributed by atoms with Crippen LogP contribution in [0.25, 0.3) is 0 Å². The van der Waals surface area contributed by atoms with Gasteiger partial charge < -0.3 is 47.8 Å². The summed E-state index contributed by atoms with van der Waals surface area (Å²) in [5.41, 5.74) is 10.6. The molecule has 5 atom stereocenters. The van der Waals surface area contributed by atoms with Gasteiger partial charge in [0.1, 0.15) is 18.1 Å². The zero-order valence-electron chi connectivity index (χ0n) is 17.3. The average Bonchev–Trinajstić information content (AvgIpc) is 2.69. The minimum absolute atomic E-state index is 0.134. The summed E-state index contributed by atoms with van der Waals surface area (Å²) in [5, 5.41) is 42.8. The smallest absolute Gasteiger partial charge is 0.328 e. The minimum atomic E-state index is -1.70. The quantitative estimate of drug-likeness (QED) is 0.111. The number of hydrogen-bond acceptors (Lipinski definition) is 9. The van der Waals surface area contributed by atoms with Crippen LogP contribution in [0.5, 0.6) is 0 Å². The second-order valence-electron chi connectivity index (χ2n) is 6.91. The normalized spacial score (nSPS) is 15.4. The summed E-state index contributed by atoms with van der Waals surface area (Å²) in [4.78, 5) is 69.7. The molecule has 0 aliphatic carbocycles. The number of carbonyl (C=O) groups excluding carboxylic acids is 4. The van der Waals surface area contributed by atoms with Gasteiger partial charge in [-0.3, -0.25) is 24.0 Å². The van der Waals surface area contributed by atoms with Gasteiger partial charge in [-0.25, -0.2) is 4.79 Å². The van der Waals surface area contributed by atoms with E-state index in [0.717, 1.165) is 6.92 Å². The predicted octanol–water partition coefficient (Wildman–Crippen LogP) is -4.64. The summed E-state index contributed by atoms with van der Waals surface area (Å²) >= 11 is 0. The Morgan fingerprint density at radius 3 is 1.84 bits per heavy atom. The third kappa shape index (κ3) is 10.6. The average molecular weight is 463 g/mol. The number of primary amides is 1. The summed E-state index contributed by atoms with van der Waals surface area (Å²) in [7, 11) is 0. The fraction of sp³-hybridized carbons (Fsp3) is 0.647. The van der Waals surface area contributed by atoms with E-state index in [4.69, 9.17) is 26.8 Å². The van der Waals surface area contributed by atoms with E-state index < -0.39 is 85.3 Å². The number of rotatable bonds is 15. The van der Waals surface area contributed by atoms with Crippen molar-refractivity contribution in [2.24, 2.45) is 11.5 Å². The molecule has 0 aliphatic rings. The van der Waals surface area contributed by atoms with Gasteiger partial charge in [-0.1, -0.05) is 0 Å². The molecule has 11 N–H and O–H groups in total. The lowest BCUT2D eigenvalue weighted by atomic mass is 10.1. The topological polar surface area (TPSA) is 271 Å². The molecule has 182 valence electrons. The summed E-state index contributed by atoms with van der Waals surface area (Å²) < 4.78 is 0. The van der Waals surface area contributed by atoms with Crippen molar-refractivity contribution in [3.05, 3.63) is 0 Å². The first-order chi connectivity index (χ1) is 14.8. The molecule has 0 spiro atoms. The predicted molar refractivity (Wildman–Crippen MR) is 105 cm³/mol. The van der Waals surface area contributed by atoms with Crippen molar-refractivity contribution < 1.29 is 49.2 Å². The number of aliphatic hydroxyl groups excluding tert-OH is 2. The molecule has 0 aliphatic heterocycles. The van der Waals surface area contributed by atoms with Crippen LogP contribution in [0.1, 0.15) is 32.6 Å². The van der Waals surface area contributed by atoms with E-state index in [-0.39, 0.29) is 12.8 Å². The molecular formula is C17H29N5O10. The molecule has 0 aromatic rings. The fourth-order valence-corrected chi connectivity index (χ4v) is 2.35. The Hall–Kier alpha value is -3.30. The highest BCUT2D eigenvalue weighted by Crippen LogP contribution is 2.04. The molecule has 0 saturated heterocycles. The Balaban J connectivity index is 5.38. The third-order valence-electron chi connectivity index (χ3n) is 4.18. The molecule has 0 radical (unpaired) electrons. The van der Waals surface area contributed by atoms with Crippen LogP contribution in [-0.4, -0.2) is 92.9 Å². The van der Waals surface area contributed by atoms with Crippen molar-refractivity contribution in [1.82, 2.24) is 16.0 Å². The van der Waals surface area contributed by atoms with Crippen molar-refractivity contribution >= 4 is 35.6 Å². The standard InChI is InChI=1S/C17H29N5O10/c1-7(24)13(16(30)21-10(6-23)17(31)32)22-15(29)9(3-5-12(26)27)20-14(28)8(18)2-4-11(19)25/h7-10,13,23-24H,2-6,18H2,1H3,(H2,19,25)(H,20,28)(H,21,30)(H,22,29)(H,26,27)(H,31,32). The van der Waals surface area contributed by atoms with Crippen molar-refractivity contribution in [3.8, 4) is 0 Å². The lowest BCUT2D eigenvalue weighted by Gasteiger charge is -2.26. The Kier molecular flexibility index (Phi) is 12.5. The highest BCUT2D eigenvalue weighted by Gasteiger charge is 2.32. The first-order valence-corrected chi connectivity index (χ1v) is 9.48. The molecule has 32 heavy (non-hydrogen) atoms. The van der Waals surface area contributed by atoms with Gasteiger partial charge in [0.15, 0.2) is 0 Å². The minimum Gasteiger partial charge on any atom is -0.481 e. The van der Waals surface area contributed by atoms with Gasteiger partial charge in [0.25, 0.3) is 0 Å². The van der Waals surface area contributed by atoms with E-state index in [1.54, 1.807) is 0 Å². The van der Waals surface area contributed by atoms with E-state index >= 15 is 0 Å². The molecule has 15 heteroatoms. The summed E-state index contributed by atoms with van der Waals surface area (Å²) in [6.07, 6.45) is -2.82. The van der Waals surface area contributed by atoms with E-state index in [0.29, 0.717) is 0 Å². The fourth-order valence-electron chi connectivity index (χ4n) is 2.35. The van der Waals surface area contributed by atoms with Gasteiger partial charge >= 0.3 is 11.9 Å². The highest BCUT2D eigenvalue weighted by atomic mass is 16.4. The second kappa shape index (κ2) is 13.9. The van der Waals surface area contributed by atoms with E-state index in [1.165, 1.54) is 0 Å². The SMILES string of the molecule is CC(O)C(NC(=O)C(CCC(=O)O)NC(=O)C(N)CCC(N)=O)C(=O)NC(CO)C(=O)O. The van der Waals surface area contributed by atoms with E-state index in [2.05, 4.69) is 10.6 Å². The largest absolute Gasteiger partial charge is 0.481 e. The van der Waals surface area contributed by atoms with Crippen LogP contribution in [0.15, 0.2) is 0 Å². The summed E-state index contributed by atoms with van der Waals surface area (Å²) in [6.45, 7) is 0.159. The van der Waals surface area contributed by atoms with Crippen molar-refractivity contribution in [1.29, 1.82) is 0 Å². The molecular weight excluding hydrogens is 434 g/mol. The molecule has 0 fully saturated rings. The molecule has 4 amide bonds. The molecule has 0 heterocycles. The molecule has 0 saturated carbocycles. The van der Waals surface area contributed by atoms with E-state index in [9.17, 15) is 33.9 Å². The number of hydrogen-bond donors (Lipinski definition) is 9. The van der Waals surface area contributed by atoms with Gasteiger partial charge in [0, 0.05) is 12.8 Å². The highest BCUT2D eigenvalue weighted by molar-refractivity contribution is 5.94. The van der Waals surface area contributed by atoms with Gasteiger partial charge in [0.05, 0.1) is 18.8 Å². The van der Waals surface area contributed by atoms with Gasteiger partial charge in [-0.2, -0.15) is 0 Å². The lowest BCUT2D eigenvalue weighted by molar-refractivity contribution is -0.144. The van der Waals surface area contributed by atoms with Crippen molar-refractivity contribution in [2.75, 3.05) is 6.61 Å². The van der Waals surface area contributed by atoms with Crippen LogP contribution in [0.4, 0.5) is 0 Å². The third-order valence-corrected chi connectivity index (χ3v) is 4.18. The van der Waals surface area contributed by atoms with Gasteiger partial charge in [-0.15, -0.1) is 0 Å². The van der Waals surface area contributed by atoms with Crippen LogP contribution in [0, 0.1) is 0 Å². The lowest BCUT2D eigenvalue weighted by Crippen LogP contribution is -2.60. The summed E-state index contributed by atoms with van der Waals surface area (Å²) in [6, 6.07) is -6.12. The molecule has 5 unspecified atom stereocenters. The molecule has 15 nitrogen and oxygen atoms in total. The number of nitrogens with one attached hydrogen (secondary N) is 3. The van der Waals surface area contributed by atoms with Crippen LogP contribution in [0.2, 0.25) is 0 Å².